The molecule has 0 aliphatic rings. The molecule has 1 aromatic carbocycles. The summed E-state index contributed by atoms with van der Waals surface area (Å²) in [5, 5.41) is 0. The molecule has 0 bridgehead atoms. The largest absolute Gasteiger partial charge is 0.487 e. The summed E-state index contributed by atoms with van der Waals surface area (Å²) < 4.78 is 8.93. The molecule has 0 radical (unpaired) electrons. The van der Waals surface area contributed by atoms with Crippen molar-refractivity contribution in [1.82, 2.24) is 9.55 Å². The lowest BCUT2D eigenvalue weighted by atomic mass is 10.3. The molecule has 2 aromatic rings. The van der Waals surface area contributed by atoms with E-state index in [2.05, 4.69) is 32.4 Å². The topological polar surface area (TPSA) is 27.1 Å². The van der Waals surface area contributed by atoms with Crippen LogP contribution >= 0.6 is 15.9 Å². The molecule has 0 unspecified atom stereocenters. The van der Waals surface area contributed by atoms with Gasteiger partial charge in [0.05, 0.1) is 11.9 Å². The molecule has 0 spiro atoms. The third-order valence-electron chi connectivity index (χ3n) is 2.65. The lowest BCUT2D eigenvalue weighted by molar-refractivity contribution is 0.295. The lowest BCUT2D eigenvalue weighted by Crippen LogP contribution is -2.06. The van der Waals surface area contributed by atoms with Gasteiger partial charge in [0, 0.05) is 11.0 Å². The maximum Gasteiger partial charge on any atom is 0.130 e. The number of halogens is 1. The molecule has 17 heavy (non-hydrogen) atoms. The summed E-state index contributed by atoms with van der Waals surface area (Å²) in [4.78, 5) is 4.29. The molecule has 0 saturated heterocycles. The van der Waals surface area contributed by atoms with Gasteiger partial charge in [-0.3, -0.25) is 0 Å². The molecule has 0 saturated carbocycles. The van der Waals surface area contributed by atoms with E-state index in [9.17, 15) is 0 Å². The van der Waals surface area contributed by atoms with Crippen molar-refractivity contribution in [1.29, 1.82) is 0 Å². The Bertz CT molecular complexity index is 491. The van der Waals surface area contributed by atoms with E-state index in [-0.39, 0.29) is 0 Å². The van der Waals surface area contributed by atoms with E-state index in [1.54, 1.807) is 0 Å². The van der Waals surface area contributed by atoms with Gasteiger partial charge in [-0.1, -0.05) is 15.9 Å². The highest BCUT2D eigenvalue weighted by molar-refractivity contribution is 9.10. The molecular formula is C13H15BrN2O. The molecule has 0 aliphatic heterocycles. The Labute approximate surface area is 110 Å². The van der Waals surface area contributed by atoms with Gasteiger partial charge in [0.1, 0.15) is 18.2 Å². The minimum atomic E-state index is 0.552. The number of benzene rings is 1. The zero-order valence-corrected chi connectivity index (χ0v) is 11.6. The van der Waals surface area contributed by atoms with Crippen molar-refractivity contribution in [3.8, 4) is 5.75 Å². The predicted octanol–water partition coefficient (Wildman–Crippen LogP) is 3.55. The van der Waals surface area contributed by atoms with Crippen molar-refractivity contribution in [2.45, 2.75) is 27.0 Å². The van der Waals surface area contributed by atoms with Crippen LogP contribution in [0.25, 0.3) is 0 Å². The number of nitrogens with zero attached hydrogens (tertiary/aromatic N) is 2. The van der Waals surface area contributed by atoms with Crippen LogP contribution in [0.1, 0.15) is 18.4 Å². The maximum atomic E-state index is 5.72. The second-order valence-corrected chi connectivity index (χ2v) is 4.70. The van der Waals surface area contributed by atoms with Crippen LogP contribution in [0.2, 0.25) is 0 Å². The Morgan fingerprint density at radius 1 is 1.29 bits per heavy atom. The van der Waals surface area contributed by atoms with Crippen LogP contribution < -0.4 is 4.74 Å². The SMILES string of the molecule is CCn1c(COc2ccc(Br)cc2)cnc1C. The first kappa shape index (κ1) is 12.2. The van der Waals surface area contributed by atoms with Crippen LogP contribution in [0.15, 0.2) is 34.9 Å². The molecule has 3 nitrogen and oxygen atoms in total. The molecule has 0 amide bonds. The quantitative estimate of drug-likeness (QED) is 0.862. The van der Waals surface area contributed by atoms with Gasteiger partial charge < -0.3 is 9.30 Å². The van der Waals surface area contributed by atoms with Gasteiger partial charge in [0.15, 0.2) is 0 Å². The highest BCUT2D eigenvalue weighted by Crippen LogP contribution is 2.17. The van der Waals surface area contributed by atoms with Crippen LogP contribution in [0, 0.1) is 6.92 Å². The van der Waals surface area contributed by atoms with Crippen LogP contribution in [0.4, 0.5) is 0 Å². The number of ether oxygens (including phenoxy) is 1. The van der Waals surface area contributed by atoms with Crippen molar-refractivity contribution < 1.29 is 4.74 Å². The van der Waals surface area contributed by atoms with E-state index in [0.29, 0.717) is 6.61 Å². The predicted molar refractivity (Wildman–Crippen MR) is 71.1 cm³/mol. The Balaban J connectivity index is 2.04. The summed E-state index contributed by atoms with van der Waals surface area (Å²) in [5.41, 5.74) is 1.10. The highest BCUT2D eigenvalue weighted by atomic mass is 79.9. The van der Waals surface area contributed by atoms with Crippen molar-refractivity contribution in [2.24, 2.45) is 0 Å². The average molecular weight is 295 g/mol. The zero-order valence-electron chi connectivity index (χ0n) is 9.98. The number of aryl methyl sites for hydroxylation is 1. The normalized spacial score (nSPS) is 10.5. The van der Waals surface area contributed by atoms with Crippen molar-refractivity contribution >= 4 is 15.9 Å². The summed E-state index contributed by atoms with van der Waals surface area (Å²) in [6.07, 6.45) is 1.87. The van der Waals surface area contributed by atoms with E-state index in [1.165, 1.54) is 0 Å². The summed E-state index contributed by atoms with van der Waals surface area (Å²) in [6, 6.07) is 7.84. The molecule has 1 aromatic heterocycles. The molecule has 0 N–H and O–H groups in total. The molecular weight excluding hydrogens is 280 g/mol. The fourth-order valence-corrected chi connectivity index (χ4v) is 2.01. The smallest absolute Gasteiger partial charge is 0.130 e. The molecule has 1 heterocycles. The third kappa shape index (κ3) is 2.88. The highest BCUT2D eigenvalue weighted by Gasteiger charge is 2.05. The van der Waals surface area contributed by atoms with Gasteiger partial charge in [0.2, 0.25) is 0 Å². The summed E-state index contributed by atoms with van der Waals surface area (Å²) in [7, 11) is 0. The average Bonchev–Trinajstić information content (AvgIpc) is 2.69. The van der Waals surface area contributed by atoms with Crippen LogP contribution in [0.5, 0.6) is 5.75 Å². The maximum absolute atomic E-state index is 5.72. The Hall–Kier alpha value is -1.29. The van der Waals surface area contributed by atoms with E-state index in [0.717, 1.165) is 28.3 Å². The van der Waals surface area contributed by atoms with Crippen molar-refractivity contribution in [3.63, 3.8) is 0 Å². The standard InChI is InChI=1S/C13H15BrN2O/c1-3-16-10(2)15-8-12(16)9-17-13-6-4-11(14)5-7-13/h4-8H,3,9H2,1-2H3. The molecule has 2 rings (SSSR count). The van der Waals surface area contributed by atoms with Crippen molar-refractivity contribution in [3.05, 3.63) is 46.5 Å². The number of rotatable bonds is 4. The number of aromatic nitrogens is 2. The minimum Gasteiger partial charge on any atom is -0.487 e. The van der Waals surface area contributed by atoms with Gasteiger partial charge >= 0.3 is 0 Å². The fourth-order valence-electron chi connectivity index (χ4n) is 1.75. The van der Waals surface area contributed by atoms with Gasteiger partial charge in [-0.2, -0.15) is 0 Å². The number of imidazole rings is 1. The first-order valence-corrected chi connectivity index (χ1v) is 6.39. The Kier molecular flexibility index (Phi) is 3.84. The fraction of sp³-hybridized carbons (Fsp3) is 0.308. The van der Waals surface area contributed by atoms with E-state index in [4.69, 9.17) is 4.74 Å². The summed E-state index contributed by atoms with van der Waals surface area (Å²) >= 11 is 3.40. The summed E-state index contributed by atoms with van der Waals surface area (Å²) in [6.45, 7) is 5.59. The first-order chi connectivity index (χ1) is 8.20. The van der Waals surface area contributed by atoms with Gasteiger partial charge in [-0.05, 0) is 38.1 Å². The number of hydrogen-bond donors (Lipinski definition) is 0. The number of hydrogen-bond acceptors (Lipinski definition) is 2. The Morgan fingerprint density at radius 3 is 2.65 bits per heavy atom. The molecule has 0 atom stereocenters. The van der Waals surface area contributed by atoms with Crippen molar-refractivity contribution in [2.75, 3.05) is 0 Å². The van der Waals surface area contributed by atoms with E-state index in [1.807, 2.05) is 37.4 Å². The molecule has 4 heteroatoms. The van der Waals surface area contributed by atoms with Gasteiger partial charge in [-0.25, -0.2) is 4.98 Å². The molecule has 90 valence electrons. The zero-order chi connectivity index (χ0) is 12.3. The van der Waals surface area contributed by atoms with Gasteiger partial charge in [-0.15, -0.1) is 0 Å². The second kappa shape index (κ2) is 5.36. The van der Waals surface area contributed by atoms with Crippen LogP contribution in [0.3, 0.4) is 0 Å². The first-order valence-electron chi connectivity index (χ1n) is 5.60. The lowest BCUT2D eigenvalue weighted by Gasteiger charge is -2.09. The van der Waals surface area contributed by atoms with E-state index < -0.39 is 0 Å². The Morgan fingerprint density at radius 2 is 2.00 bits per heavy atom. The summed E-state index contributed by atoms with van der Waals surface area (Å²) in [5.74, 6) is 1.90. The third-order valence-corrected chi connectivity index (χ3v) is 3.18. The van der Waals surface area contributed by atoms with Crippen LogP contribution in [-0.4, -0.2) is 9.55 Å². The van der Waals surface area contributed by atoms with Crippen LogP contribution in [-0.2, 0) is 13.2 Å². The second-order valence-electron chi connectivity index (χ2n) is 3.78. The monoisotopic (exact) mass is 294 g/mol. The molecule has 0 fully saturated rings. The molecule has 0 aliphatic carbocycles. The van der Waals surface area contributed by atoms with E-state index >= 15 is 0 Å². The van der Waals surface area contributed by atoms with Gasteiger partial charge in [0.25, 0.3) is 0 Å². The minimum absolute atomic E-state index is 0.552.